The molecule has 1 aromatic carbocycles. The molecule has 0 aliphatic heterocycles. The lowest BCUT2D eigenvalue weighted by Crippen LogP contribution is -2.28. The van der Waals surface area contributed by atoms with E-state index in [9.17, 15) is 4.39 Å². The largest absolute Gasteiger partial charge is 0.384 e. The standard InChI is InChI=1S/C15H19FN2S/c1-2-18(12-15-7-4-10-19-15)9-8-17-14-6-3-5-13(16)11-14/h3-7,10-11,17H,2,8-9,12H2,1H3. The Morgan fingerprint density at radius 2 is 2.16 bits per heavy atom. The summed E-state index contributed by atoms with van der Waals surface area (Å²) in [5, 5.41) is 5.36. The second-order valence-electron chi connectivity index (χ2n) is 4.39. The van der Waals surface area contributed by atoms with Crippen LogP contribution < -0.4 is 5.32 Å². The zero-order valence-corrected chi connectivity index (χ0v) is 11.9. The van der Waals surface area contributed by atoms with Crippen molar-refractivity contribution in [1.29, 1.82) is 0 Å². The van der Waals surface area contributed by atoms with E-state index in [4.69, 9.17) is 0 Å². The first kappa shape index (κ1) is 14.0. The number of nitrogens with zero attached hydrogens (tertiary/aromatic N) is 1. The molecular formula is C15H19FN2S. The fourth-order valence-corrected chi connectivity index (χ4v) is 2.67. The molecule has 0 atom stereocenters. The molecule has 0 aliphatic carbocycles. The predicted octanol–water partition coefficient (Wildman–Crippen LogP) is 3.82. The van der Waals surface area contributed by atoms with Crippen LogP contribution in [0.4, 0.5) is 10.1 Å². The number of thiophene rings is 1. The third-order valence-corrected chi connectivity index (χ3v) is 3.85. The molecule has 2 rings (SSSR count). The SMILES string of the molecule is CCN(CCNc1cccc(F)c1)Cc1cccs1. The van der Waals surface area contributed by atoms with E-state index in [1.54, 1.807) is 17.4 Å². The van der Waals surface area contributed by atoms with Crippen LogP contribution in [-0.4, -0.2) is 24.5 Å². The maximum absolute atomic E-state index is 13.0. The summed E-state index contributed by atoms with van der Waals surface area (Å²) in [6.45, 7) is 5.94. The highest BCUT2D eigenvalue weighted by Gasteiger charge is 2.04. The fraction of sp³-hybridized carbons (Fsp3) is 0.333. The van der Waals surface area contributed by atoms with Gasteiger partial charge in [0, 0.05) is 30.2 Å². The maximum atomic E-state index is 13.0. The third kappa shape index (κ3) is 4.65. The molecule has 0 saturated heterocycles. The number of halogens is 1. The van der Waals surface area contributed by atoms with E-state index < -0.39 is 0 Å². The zero-order valence-electron chi connectivity index (χ0n) is 11.1. The van der Waals surface area contributed by atoms with Gasteiger partial charge in [0.1, 0.15) is 5.82 Å². The summed E-state index contributed by atoms with van der Waals surface area (Å²) in [4.78, 5) is 3.76. The Kier molecular flexibility index (Phi) is 5.36. The number of nitrogens with one attached hydrogen (secondary N) is 1. The van der Waals surface area contributed by atoms with Gasteiger partial charge < -0.3 is 5.32 Å². The van der Waals surface area contributed by atoms with Gasteiger partial charge in [-0.15, -0.1) is 11.3 Å². The van der Waals surface area contributed by atoms with Crippen LogP contribution in [0.3, 0.4) is 0 Å². The summed E-state index contributed by atoms with van der Waals surface area (Å²) in [6, 6.07) is 10.8. The first-order valence-electron chi connectivity index (χ1n) is 6.52. The molecular weight excluding hydrogens is 259 g/mol. The normalized spacial score (nSPS) is 10.9. The fourth-order valence-electron chi connectivity index (χ4n) is 1.93. The minimum absolute atomic E-state index is 0.198. The Labute approximate surface area is 117 Å². The predicted molar refractivity (Wildman–Crippen MR) is 80.2 cm³/mol. The van der Waals surface area contributed by atoms with Gasteiger partial charge in [0.25, 0.3) is 0 Å². The zero-order chi connectivity index (χ0) is 13.5. The monoisotopic (exact) mass is 278 g/mol. The molecule has 0 spiro atoms. The minimum atomic E-state index is -0.198. The molecule has 0 aliphatic rings. The summed E-state index contributed by atoms with van der Waals surface area (Å²) < 4.78 is 13.0. The van der Waals surface area contributed by atoms with Crippen LogP contribution in [0.25, 0.3) is 0 Å². The first-order valence-corrected chi connectivity index (χ1v) is 7.40. The molecule has 2 aromatic rings. The van der Waals surface area contributed by atoms with Crippen molar-refractivity contribution in [3.05, 3.63) is 52.5 Å². The molecule has 0 radical (unpaired) electrons. The average molecular weight is 278 g/mol. The van der Waals surface area contributed by atoms with E-state index in [-0.39, 0.29) is 5.82 Å². The molecule has 0 bridgehead atoms. The maximum Gasteiger partial charge on any atom is 0.125 e. The highest BCUT2D eigenvalue weighted by molar-refractivity contribution is 7.09. The number of likely N-dealkylation sites (N-methyl/N-ethyl adjacent to an activating group) is 1. The number of rotatable bonds is 7. The Morgan fingerprint density at radius 3 is 2.84 bits per heavy atom. The van der Waals surface area contributed by atoms with Crippen LogP contribution in [0.5, 0.6) is 0 Å². The van der Waals surface area contributed by atoms with Crippen LogP contribution in [0, 0.1) is 5.82 Å². The van der Waals surface area contributed by atoms with Gasteiger partial charge in [0.05, 0.1) is 0 Å². The highest BCUT2D eigenvalue weighted by atomic mass is 32.1. The van der Waals surface area contributed by atoms with Crippen molar-refractivity contribution in [2.24, 2.45) is 0 Å². The smallest absolute Gasteiger partial charge is 0.125 e. The second-order valence-corrected chi connectivity index (χ2v) is 5.42. The lowest BCUT2D eigenvalue weighted by Gasteiger charge is -2.20. The Balaban J connectivity index is 1.77. The van der Waals surface area contributed by atoms with E-state index in [1.165, 1.54) is 17.0 Å². The van der Waals surface area contributed by atoms with Crippen molar-refractivity contribution in [2.45, 2.75) is 13.5 Å². The summed E-state index contributed by atoms with van der Waals surface area (Å²) >= 11 is 1.79. The van der Waals surface area contributed by atoms with Gasteiger partial charge in [-0.2, -0.15) is 0 Å². The number of hydrogen-bond donors (Lipinski definition) is 1. The molecule has 4 heteroatoms. The van der Waals surface area contributed by atoms with E-state index in [0.29, 0.717) is 0 Å². The van der Waals surface area contributed by atoms with Gasteiger partial charge in [-0.05, 0) is 36.2 Å². The molecule has 2 nitrogen and oxygen atoms in total. The first-order chi connectivity index (χ1) is 9.28. The van der Waals surface area contributed by atoms with Gasteiger partial charge in [0.2, 0.25) is 0 Å². The molecule has 1 aromatic heterocycles. The third-order valence-electron chi connectivity index (χ3n) is 2.99. The van der Waals surface area contributed by atoms with Gasteiger partial charge in [-0.25, -0.2) is 4.39 Å². The summed E-state index contributed by atoms with van der Waals surface area (Å²) in [6.07, 6.45) is 0. The van der Waals surface area contributed by atoms with Crippen molar-refractivity contribution in [2.75, 3.05) is 25.0 Å². The molecule has 0 unspecified atom stereocenters. The minimum Gasteiger partial charge on any atom is -0.384 e. The molecule has 0 saturated carbocycles. The van der Waals surface area contributed by atoms with Gasteiger partial charge in [-0.3, -0.25) is 4.90 Å². The summed E-state index contributed by atoms with van der Waals surface area (Å²) in [5.74, 6) is -0.198. The molecule has 1 N–H and O–H groups in total. The van der Waals surface area contributed by atoms with Gasteiger partial charge in [-0.1, -0.05) is 19.1 Å². The molecule has 0 fully saturated rings. The Morgan fingerprint density at radius 1 is 1.26 bits per heavy atom. The average Bonchev–Trinajstić information content (AvgIpc) is 2.90. The van der Waals surface area contributed by atoms with E-state index in [0.717, 1.165) is 31.9 Å². The molecule has 0 amide bonds. The van der Waals surface area contributed by atoms with Crippen LogP contribution >= 0.6 is 11.3 Å². The van der Waals surface area contributed by atoms with Crippen molar-refractivity contribution in [3.63, 3.8) is 0 Å². The van der Waals surface area contributed by atoms with Crippen molar-refractivity contribution in [1.82, 2.24) is 4.90 Å². The Hall–Kier alpha value is -1.39. The van der Waals surface area contributed by atoms with Gasteiger partial charge in [0.15, 0.2) is 0 Å². The Bertz CT molecular complexity index is 485. The highest BCUT2D eigenvalue weighted by Crippen LogP contribution is 2.12. The van der Waals surface area contributed by atoms with Crippen molar-refractivity contribution < 1.29 is 4.39 Å². The topological polar surface area (TPSA) is 15.3 Å². The lowest BCUT2D eigenvalue weighted by atomic mass is 10.3. The number of anilines is 1. The summed E-state index contributed by atoms with van der Waals surface area (Å²) in [7, 11) is 0. The van der Waals surface area contributed by atoms with Crippen molar-refractivity contribution >= 4 is 17.0 Å². The summed E-state index contributed by atoms with van der Waals surface area (Å²) in [5.41, 5.74) is 0.840. The van der Waals surface area contributed by atoms with Crippen LogP contribution in [0.1, 0.15) is 11.8 Å². The molecule has 19 heavy (non-hydrogen) atoms. The number of hydrogen-bond acceptors (Lipinski definition) is 3. The van der Waals surface area contributed by atoms with E-state index in [2.05, 4.69) is 34.7 Å². The quantitative estimate of drug-likeness (QED) is 0.828. The molecule has 102 valence electrons. The van der Waals surface area contributed by atoms with Crippen LogP contribution in [0.15, 0.2) is 41.8 Å². The van der Waals surface area contributed by atoms with E-state index >= 15 is 0 Å². The van der Waals surface area contributed by atoms with Crippen LogP contribution in [0.2, 0.25) is 0 Å². The lowest BCUT2D eigenvalue weighted by molar-refractivity contribution is 0.294. The van der Waals surface area contributed by atoms with Gasteiger partial charge >= 0.3 is 0 Å². The molecule has 1 heterocycles. The van der Waals surface area contributed by atoms with Crippen LogP contribution in [-0.2, 0) is 6.54 Å². The second kappa shape index (κ2) is 7.26. The van der Waals surface area contributed by atoms with Crippen molar-refractivity contribution in [3.8, 4) is 0 Å². The number of benzene rings is 1. The van der Waals surface area contributed by atoms with E-state index in [1.807, 2.05) is 6.07 Å².